The summed E-state index contributed by atoms with van der Waals surface area (Å²) in [6, 6.07) is 15.6. The first kappa shape index (κ1) is 12.8. The van der Waals surface area contributed by atoms with Crippen LogP contribution in [0.4, 0.5) is 5.69 Å². The van der Waals surface area contributed by atoms with Gasteiger partial charge in [-0.1, -0.05) is 31.2 Å². The topological polar surface area (TPSA) is 32.3 Å². The number of aromatic hydroxyl groups is 1. The van der Waals surface area contributed by atoms with Gasteiger partial charge in [-0.3, -0.25) is 0 Å². The maximum atomic E-state index is 9.42. The number of thioether (sulfide) groups is 1. The quantitative estimate of drug-likeness (QED) is 0.792. The fraction of sp³-hybridized carbons (Fsp3) is 0.200. The summed E-state index contributed by atoms with van der Waals surface area (Å²) in [5.74, 6) is 1.37. The molecule has 0 heterocycles. The third-order valence-electron chi connectivity index (χ3n) is 2.58. The van der Waals surface area contributed by atoms with Crippen molar-refractivity contribution < 1.29 is 5.11 Å². The van der Waals surface area contributed by atoms with E-state index < -0.39 is 0 Å². The molecule has 0 spiro atoms. The number of nitrogens with one attached hydrogen (secondary N) is 1. The second-order valence-electron chi connectivity index (χ2n) is 3.95. The highest BCUT2D eigenvalue weighted by atomic mass is 32.2. The fourth-order valence-electron chi connectivity index (χ4n) is 1.76. The molecular formula is C15H17NOS. The standard InChI is InChI=1S/C15H17NOS/c1-2-18-15-9-4-3-8-14(15)16-11-12-6-5-7-13(17)10-12/h3-10,16-17H,2,11H2,1H3. The molecule has 0 saturated carbocycles. The first-order valence-electron chi connectivity index (χ1n) is 6.03. The van der Waals surface area contributed by atoms with Gasteiger partial charge < -0.3 is 10.4 Å². The van der Waals surface area contributed by atoms with Crippen LogP contribution in [0.3, 0.4) is 0 Å². The molecule has 2 aromatic carbocycles. The van der Waals surface area contributed by atoms with Crippen LogP contribution in [-0.2, 0) is 6.54 Å². The average molecular weight is 259 g/mol. The molecule has 2 aromatic rings. The second-order valence-corrected chi connectivity index (χ2v) is 5.26. The van der Waals surface area contributed by atoms with Crippen LogP contribution in [0.2, 0.25) is 0 Å². The lowest BCUT2D eigenvalue weighted by atomic mass is 10.2. The lowest BCUT2D eigenvalue weighted by Crippen LogP contribution is -2.00. The van der Waals surface area contributed by atoms with Crippen molar-refractivity contribution in [2.24, 2.45) is 0 Å². The van der Waals surface area contributed by atoms with E-state index in [1.165, 1.54) is 4.90 Å². The van der Waals surface area contributed by atoms with Gasteiger partial charge >= 0.3 is 0 Å². The molecule has 0 aliphatic rings. The first-order chi connectivity index (χ1) is 8.79. The smallest absolute Gasteiger partial charge is 0.115 e. The Morgan fingerprint density at radius 1 is 1.11 bits per heavy atom. The van der Waals surface area contributed by atoms with Crippen molar-refractivity contribution in [2.75, 3.05) is 11.1 Å². The molecule has 2 N–H and O–H groups in total. The molecule has 0 saturated heterocycles. The van der Waals surface area contributed by atoms with Gasteiger partial charge in [0.15, 0.2) is 0 Å². The molecule has 2 rings (SSSR count). The molecule has 0 fully saturated rings. The number of hydrogen-bond acceptors (Lipinski definition) is 3. The summed E-state index contributed by atoms with van der Waals surface area (Å²) < 4.78 is 0. The number of benzene rings is 2. The zero-order chi connectivity index (χ0) is 12.8. The summed E-state index contributed by atoms with van der Waals surface area (Å²) in [7, 11) is 0. The molecule has 0 aliphatic carbocycles. The second kappa shape index (κ2) is 6.36. The third kappa shape index (κ3) is 3.44. The predicted octanol–water partition coefficient (Wildman–Crippen LogP) is 4.12. The molecule has 3 heteroatoms. The van der Waals surface area contributed by atoms with Crippen molar-refractivity contribution in [3.63, 3.8) is 0 Å². The van der Waals surface area contributed by atoms with E-state index in [1.54, 1.807) is 12.1 Å². The zero-order valence-electron chi connectivity index (χ0n) is 10.4. The minimum Gasteiger partial charge on any atom is -0.508 e. The first-order valence-corrected chi connectivity index (χ1v) is 7.01. The van der Waals surface area contributed by atoms with Crippen LogP contribution >= 0.6 is 11.8 Å². The average Bonchev–Trinajstić information content (AvgIpc) is 2.38. The van der Waals surface area contributed by atoms with Crippen molar-refractivity contribution in [3.05, 3.63) is 54.1 Å². The van der Waals surface area contributed by atoms with Crippen molar-refractivity contribution in [3.8, 4) is 5.75 Å². The lowest BCUT2D eigenvalue weighted by molar-refractivity contribution is 0.474. The largest absolute Gasteiger partial charge is 0.508 e. The Balaban J connectivity index is 2.06. The van der Waals surface area contributed by atoms with Gasteiger partial charge in [-0.05, 0) is 35.6 Å². The minimum absolute atomic E-state index is 0.311. The molecule has 2 nitrogen and oxygen atoms in total. The van der Waals surface area contributed by atoms with Crippen molar-refractivity contribution in [2.45, 2.75) is 18.4 Å². The van der Waals surface area contributed by atoms with Crippen molar-refractivity contribution in [1.29, 1.82) is 0 Å². The van der Waals surface area contributed by atoms with Crippen LogP contribution in [0.15, 0.2) is 53.4 Å². The van der Waals surface area contributed by atoms with Crippen LogP contribution in [0.1, 0.15) is 12.5 Å². The maximum absolute atomic E-state index is 9.42. The highest BCUT2D eigenvalue weighted by molar-refractivity contribution is 7.99. The van der Waals surface area contributed by atoms with Gasteiger partial charge in [0.05, 0.1) is 0 Å². The van der Waals surface area contributed by atoms with Gasteiger partial charge in [-0.2, -0.15) is 0 Å². The molecule has 94 valence electrons. The number of hydrogen-bond donors (Lipinski definition) is 2. The van der Waals surface area contributed by atoms with Gasteiger partial charge in [0, 0.05) is 17.1 Å². The Kier molecular flexibility index (Phi) is 4.53. The summed E-state index contributed by atoms with van der Waals surface area (Å²) in [5, 5.41) is 12.8. The molecular weight excluding hydrogens is 242 g/mol. The summed E-state index contributed by atoms with van der Waals surface area (Å²) in [6.45, 7) is 2.87. The maximum Gasteiger partial charge on any atom is 0.115 e. The normalized spacial score (nSPS) is 10.3. The summed E-state index contributed by atoms with van der Waals surface area (Å²) in [5.41, 5.74) is 2.22. The van der Waals surface area contributed by atoms with Crippen LogP contribution in [-0.4, -0.2) is 10.9 Å². The van der Waals surface area contributed by atoms with Crippen LogP contribution in [0.25, 0.3) is 0 Å². The highest BCUT2D eigenvalue weighted by Gasteiger charge is 2.01. The van der Waals surface area contributed by atoms with E-state index in [1.807, 2.05) is 30.0 Å². The van der Waals surface area contributed by atoms with Crippen LogP contribution in [0.5, 0.6) is 5.75 Å². The fourth-order valence-corrected chi connectivity index (χ4v) is 2.54. The molecule has 0 aliphatic heterocycles. The molecule has 0 bridgehead atoms. The number of para-hydroxylation sites is 1. The number of rotatable bonds is 5. The Morgan fingerprint density at radius 3 is 2.72 bits per heavy atom. The van der Waals surface area contributed by atoms with Gasteiger partial charge in [-0.15, -0.1) is 11.8 Å². The van der Waals surface area contributed by atoms with Gasteiger partial charge in [-0.25, -0.2) is 0 Å². The third-order valence-corrected chi connectivity index (χ3v) is 3.54. The number of phenolic OH excluding ortho intramolecular Hbond substituents is 1. The zero-order valence-corrected chi connectivity index (χ0v) is 11.2. The molecule has 0 atom stereocenters. The van der Waals surface area contributed by atoms with Crippen molar-refractivity contribution in [1.82, 2.24) is 0 Å². The summed E-state index contributed by atoms with van der Waals surface area (Å²) in [6.07, 6.45) is 0. The number of phenols is 1. The van der Waals surface area contributed by atoms with E-state index in [0.29, 0.717) is 5.75 Å². The van der Waals surface area contributed by atoms with Gasteiger partial charge in [0.2, 0.25) is 0 Å². The minimum atomic E-state index is 0.311. The summed E-state index contributed by atoms with van der Waals surface area (Å²) in [4.78, 5) is 1.26. The van der Waals surface area contributed by atoms with Crippen LogP contribution < -0.4 is 5.32 Å². The van der Waals surface area contributed by atoms with Gasteiger partial charge in [0.1, 0.15) is 5.75 Å². The Bertz CT molecular complexity index is 513. The van der Waals surface area contributed by atoms with E-state index in [2.05, 4.69) is 30.4 Å². The predicted molar refractivity (Wildman–Crippen MR) is 78.3 cm³/mol. The SMILES string of the molecule is CCSc1ccccc1NCc1cccc(O)c1. The molecule has 0 radical (unpaired) electrons. The van der Waals surface area contributed by atoms with Crippen LogP contribution in [0, 0.1) is 0 Å². The lowest BCUT2D eigenvalue weighted by Gasteiger charge is -2.11. The summed E-state index contributed by atoms with van der Waals surface area (Å²) >= 11 is 1.83. The highest BCUT2D eigenvalue weighted by Crippen LogP contribution is 2.27. The van der Waals surface area contributed by atoms with E-state index in [4.69, 9.17) is 0 Å². The van der Waals surface area contributed by atoms with Crippen molar-refractivity contribution >= 4 is 17.4 Å². The Morgan fingerprint density at radius 2 is 1.94 bits per heavy atom. The molecule has 0 amide bonds. The van der Waals surface area contributed by atoms with E-state index in [9.17, 15) is 5.11 Å². The molecule has 18 heavy (non-hydrogen) atoms. The van der Waals surface area contributed by atoms with Gasteiger partial charge in [0.25, 0.3) is 0 Å². The Hall–Kier alpha value is -1.61. The molecule has 0 aromatic heterocycles. The van der Waals surface area contributed by atoms with E-state index in [0.717, 1.165) is 23.5 Å². The van der Waals surface area contributed by atoms with E-state index in [-0.39, 0.29) is 0 Å². The number of anilines is 1. The Labute approximate surface area is 112 Å². The monoisotopic (exact) mass is 259 g/mol. The molecule has 0 unspecified atom stereocenters. The van der Waals surface area contributed by atoms with E-state index >= 15 is 0 Å².